The maximum Gasteiger partial charge on any atom is 0.248 e. The predicted octanol–water partition coefficient (Wildman–Crippen LogP) is 3.38. The Morgan fingerprint density at radius 2 is 2.21 bits per heavy atom. The van der Waals surface area contributed by atoms with Crippen molar-refractivity contribution in [1.29, 1.82) is 0 Å². The normalized spacial score (nSPS) is 10.9. The van der Waals surface area contributed by atoms with Gasteiger partial charge in [-0.3, -0.25) is 4.79 Å². The third kappa shape index (κ3) is 3.69. The monoisotopic (exact) mass is 280 g/mol. The summed E-state index contributed by atoms with van der Waals surface area (Å²) in [5.74, 6) is -1.85. The number of hydrogen-bond acceptors (Lipinski definition) is 3. The average Bonchev–Trinajstić information content (AvgIpc) is 2.77. The summed E-state index contributed by atoms with van der Waals surface area (Å²) < 4.78 is 26.2. The number of rotatable bonds is 3. The quantitative estimate of drug-likeness (QED) is 0.876. The molecule has 0 spiro atoms. The number of nitrogens with zero attached hydrogens (tertiary/aromatic N) is 1. The molecule has 98 valence electrons. The fraction of sp³-hybridized carbons (Fsp3) is 0.0769. The lowest BCUT2D eigenvalue weighted by atomic mass is 10.3. The number of halogens is 2. The van der Waals surface area contributed by atoms with Crippen molar-refractivity contribution >= 4 is 29.0 Å². The van der Waals surface area contributed by atoms with E-state index in [9.17, 15) is 13.6 Å². The van der Waals surface area contributed by atoms with E-state index >= 15 is 0 Å². The summed E-state index contributed by atoms with van der Waals surface area (Å²) in [6.07, 6.45) is 2.73. The maximum absolute atomic E-state index is 13.3. The molecule has 1 aromatic heterocycles. The molecule has 0 aliphatic heterocycles. The van der Waals surface area contributed by atoms with Crippen LogP contribution < -0.4 is 5.32 Å². The lowest BCUT2D eigenvalue weighted by molar-refractivity contribution is -0.111. The van der Waals surface area contributed by atoms with E-state index in [4.69, 9.17) is 0 Å². The van der Waals surface area contributed by atoms with Crippen LogP contribution in [0.1, 0.15) is 10.7 Å². The molecule has 0 unspecified atom stereocenters. The smallest absolute Gasteiger partial charge is 0.248 e. The number of nitrogens with one attached hydrogen (secondary N) is 1. The van der Waals surface area contributed by atoms with Gasteiger partial charge in [-0.1, -0.05) is 0 Å². The Morgan fingerprint density at radius 3 is 2.89 bits per heavy atom. The SMILES string of the molecule is Cc1nc(/C=C\C(=O)Nc2cc(F)ccc2F)cs1. The molecule has 0 fully saturated rings. The second kappa shape index (κ2) is 5.71. The van der Waals surface area contributed by atoms with Gasteiger partial charge in [-0.2, -0.15) is 0 Å². The first-order chi connectivity index (χ1) is 9.04. The second-order valence-corrected chi connectivity index (χ2v) is 4.80. The van der Waals surface area contributed by atoms with Gasteiger partial charge in [-0.25, -0.2) is 13.8 Å². The number of amides is 1. The molecular weight excluding hydrogens is 270 g/mol. The van der Waals surface area contributed by atoms with Crippen molar-refractivity contribution in [2.24, 2.45) is 0 Å². The van der Waals surface area contributed by atoms with E-state index in [-0.39, 0.29) is 5.69 Å². The van der Waals surface area contributed by atoms with E-state index in [2.05, 4.69) is 10.3 Å². The van der Waals surface area contributed by atoms with Crippen LogP contribution in [0.2, 0.25) is 0 Å². The van der Waals surface area contributed by atoms with Crippen molar-refractivity contribution < 1.29 is 13.6 Å². The van der Waals surface area contributed by atoms with Crippen molar-refractivity contribution in [3.63, 3.8) is 0 Å². The summed E-state index contributed by atoms with van der Waals surface area (Å²) in [6, 6.07) is 2.87. The first-order valence-corrected chi connectivity index (χ1v) is 6.29. The largest absolute Gasteiger partial charge is 0.320 e. The fourth-order valence-corrected chi connectivity index (χ4v) is 1.97. The number of hydrogen-bond donors (Lipinski definition) is 1. The molecule has 2 aromatic rings. The first-order valence-electron chi connectivity index (χ1n) is 5.41. The Bertz CT molecular complexity index is 637. The number of thiazole rings is 1. The molecule has 2 rings (SSSR count). The van der Waals surface area contributed by atoms with E-state index < -0.39 is 17.5 Å². The second-order valence-electron chi connectivity index (χ2n) is 3.74. The Hall–Kier alpha value is -2.08. The van der Waals surface area contributed by atoms with Gasteiger partial charge >= 0.3 is 0 Å². The van der Waals surface area contributed by atoms with Gasteiger partial charge in [0, 0.05) is 17.5 Å². The summed E-state index contributed by atoms with van der Waals surface area (Å²) >= 11 is 1.46. The molecule has 0 atom stereocenters. The van der Waals surface area contributed by atoms with Crippen molar-refractivity contribution in [3.05, 3.63) is 52.0 Å². The van der Waals surface area contributed by atoms with Crippen LogP contribution in [0.5, 0.6) is 0 Å². The van der Waals surface area contributed by atoms with Gasteiger partial charge in [-0.05, 0) is 25.1 Å². The molecule has 0 aliphatic carbocycles. The van der Waals surface area contributed by atoms with Gasteiger partial charge < -0.3 is 5.32 Å². The highest BCUT2D eigenvalue weighted by molar-refractivity contribution is 7.09. The van der Waals surface area contributed by atoms with Crippen LogP contribution >= 0.6 is 11.3 Å². The molecule has 1 amide bonds. The van der Waals surface area contributed by atoms with Crippen LogP contribution in [0, 0.1) is 18.6 Å². The zero-order valence-corrected chi connectivity index (χ0v) is 10.8. The van der Waals surface area contributed by atoms with Gasteiger partial charge in [0.05, 0.1) is 16.4 Å². The minimum Gasteiger partial charge on any atom is -0.320 e. The van der Waals surface area contributed by atoms with E-state index in [1.807, 2.05) is 6.92 Å². The van der Waals surface area contributed by atoms with Crippen LogP contribution in [0.4, 0.5) is 14.5 Å². The van der Waals surface area contributed by atoms with E-state index in [1.165, 1.54) is 23.5 Å². The molecule has 1 heterocycles. The summed E-state index contributed by atoms with van der Waals surface area (Å²) in [7, 11) is 0. The van der Waals surface area contributed by atoms with Gasteiger partial charge in [-0.15, -0.1) is 11.3 Å². The Balaban J connectivity index is 2.05. The van der Waals surface area contributed by atoms with Crippen molar-refractivity contribution in [3.8, 4) is 0 Å². The molecular formula is C13H10F2N2OS. The van der Waals surface area contributed by atoms with Crippen LogP contribution in [0.3, 0.4) is 0 Å². The highest BCUT2D eigenvalue weighted by Gasteiger charge is 2.06. The molecule has 0 saturated heterocycles. The van der Waals surface area contributed by atoms with Crippen LogP contribution in [0.25, 0.3) is 6.08 Å². The molecule has 1 N–H and O–H groups in total. The molecule has 3 nitrogen and oxygen atoms in total. The van der Waals surface area contributed by atoms with Crippen molar-refractivity contribution in [2.75, 3.05) is 5.32 Å². The third-order valence-electron chi connectivity index (χ3n) is 2.23. The Kier molecular flexibility index (Phi) is 4.01. The van der Waals surface area contributed by atoms with Gasteiger partial charge in [0.15, 0.2) is 0 Å². The average molecular weight is 280 g/mol. The summed E-state index contributed by atoms with van der Waals surface area (Å²) in [6.45, 7) is 1.85. The highest BCUT2D eigenvalue weighted by atomic mass is 32.1. The highest BCUT2D eigenvalue weighted by Crippen LogP contribution is 2.15. The minimum atomic E-state index is -0.687. The summed E-state index contributed by atoms with van der Waals surface area (Å²) in [4.78, 5) is 15.7. The van der Waals surface area contributed by atoms with Crippen LogP contribution in [-0.4, -0.2) is 10.9 Å². The zero-order chi connectivity index (χ0) is 13.8. The molecule has 0 radical (unpaired) electrons. The summed E-state index contributed by atoms with van der Waals surface area (Å²) in [5.41, 5.74) is 0.460. The molecule has 1 aromatic carbocycles. The number of aromatic nitrogens is 1. The lowest BCUT2D eigenvalue weighted by Crippen LogP contribution is -2.09. The third-order valence-corrected chi connectivity index (χ3v) is 3.02. The van der Waals surface area contributed by atoms with Crippen molar-refractivity contribution in [2.45, 2.75) is 6.92 Å². The Labute approximate surface area is 112 Å². The van der Waals surface area contributed by atoms with Crippen molar-refractivity contribution in [1.82, 2.24) is 4.98 Å². The standard InChI is InChI=1S/C13H10F2N2OS/c1-8-16-10(7-19-8)3-5-13(18)17-12-6-9(14)2-4-11(12)15/h2-7H,1H3,(H,17,18)/b5-3-. The van der Waals surface area contributed by atoms with Crippen LogP contribution in [0.15, 0.2) is 29.7 Å². The minimum absolute atomic E-state index is 0.191. The van der Waals surface area contributed by atoms with E-state index in [1.54, 1.807) is 5.38 Å². The van der Waals surface area contributed by atoms with E-state index in [0.29, 0.717) is 5.69 Å². The molecule has 0 saturated carbocycles. The topological polar surface area (TPSA) is 42.0 Å². The number of carbonyl (C=O) groups excluding carboxylic acids is 1. The predicted molar refractivity (Wildman–Crippen MR) is 70.9 cm³/mol. The lowest BCUT2D eigenvalue weighted by Gasteiger charge is -2.03. The first kappa shape index (κ1) is 13.4. The number of anilines is 1. The molecule has 6 heteroatoms. The summed E-state index contributed by atoms with van der Waals surface area (Å²) in [5, 5.41) is 4.94. The zero-order valence-electron chi connectivity index (χ0n) is 9.98. The molecule has 0 bridgehead atoms. The van der Waals surface area contributed by atoms with Gasteiger partial charge in [0.2, 0.25) is 5.91 Å². The van der Waals surface area contributed by atoms with Gasteiger partial charge in [0.1, 0.15) is 11.6 Å². The number of benzene rings is 1. The molecule has 0 aliphatic rings. The van der Waals surface area contributed by atoms with Crippen LogP contribution in [-0.2, 0) is 4.79 Å². The van der Waals surface area contributed by atoms with E-state index in [0.717, 1.165) is 23.2 Å². The number of carbonyl (C=O) groups is 1. The number of aryl methyl sites for hydroxylation is 1. The maximum atomic E-state index is 13.3. The Morgan fingerprint density at radius 1 is 1.42 bits per heavy atom. The van der Waals surface area contributed by atoms with Gasteiger partial charge in [0.25, 0.3) is 0 Å². The molecule has 19 heavy (non-hydrogen) atoms. The fourth-order valence-electron chi connectivity index (χ4n) is 1.39.